The number of rotatable bonds is 1. The number of hydrogen-bond acceptors (Lipinski definition) is 3. The molecule has 18 heavy (non-hydrogen) atoms. The molecule has 2 aromatic rings. The average Bonchev–Trinajstić information content (AvgIpc) is 2.31. The Morgan fingerprint density at radius 3 is 2.61 bits per heavy atom. The van der Waals surface area contributed by atoms with Gasteiger partial charge >= 0.3 is 6.18 Å². The van der Waals surface area contributed by atoms with Crippen molar-refractivity contribution in [1.29, 1.82) is 0 Å². The third-order valence-corrected chi connectivity index (χ3v) is 2.81. The zero-order chi connectivity index (χ0) is 13.3. The fourth-order valence-electron chi connectivity index (χ4n) is 1.43. The van der Waals surface area contributed by atoms with Gasteiger partial charge < -0.3 is 5.73 Å². The van der Waals surface area contributed by atoms with Crippen LogP contribution in [0.15, 0.2) is 34.9 Å². The van der Waals surface area contributed by atoms with Gasteiger partial charge in [-0.3, -0.25) is 0 Å². The van der Waals surface area contributed by atoms with Crippen molar-refractivity contribution in [3.05, 3.63) is 40.5 Å². The van der Waals surface area contributed by atoms with Gasteiger partial charge in [0.15, 0.2) is 0 Å². The van der Waals surface area contributed by atoms with Crippen molar-refractivity contribution >= 4 is 21.9 Å². The first kappa shape index (κ1) is 12.8. The van der Waals surface area contributed by atoms with E-state index in [0.29, 0.717) is 15.7 Å². The molecule has 2 rings (SSSR count). The molecule has 2 N–H and O–H groups in total. The highest BCUT2D eigenvalue weighted by Gasteiger charge is 2.30. The molecule has 0 saturated heterocycles. The van der Waals surface area contributed by atoms with E-state index in [1.54, 1.807) is 0 Å². The predicted molar refractivity (Wildman–Crippen MR) is 64.6 cm³/mol. The minimum absolute atomic E-state index is 0.00520. The first-order chi connectivity index (χ1) is 8.38. The first-order valence-corrected chi connectivity index (χ1v) is 5.63. The van der Waals surface area contributed by atoms with Gasteiger partial charge in [-0.1, -0.05) is 12.1 Å². The molecule has 0 aliphatic heterocycles. The van der Waals surface area contributed by atoms with Gasteiger partial charge in [0.2, 0.25) is 5.95 Å². The Bertz CT molecular complexity index is 584. The van der Waals surface area contributed by atoms with Crippen LogP contribution in [-0.4, -0.2) is 9.97 Å². The Morgan fingerprint density at radius 1 is 1.22 bits per heavy atom. The summed E-state index contributed by atoms with van der Waals surface area (Å²) in [4.78, 5) is 7.65. The molecule has 0 radical (unpaired) electrons. The molecule has 3 nitrogen and oxygen atoms in total. The van der Waals surface area contributed by atoms with E-state index in [9.17, 15) is 13.2 Å². The van der Waals surface area contributed by atoms with E-state index in [4.69, 9.17) is 5.73 Å². The summed E-state index contributed by atoms with van der Waals surface area (Å²) in [7, 11) is 0. The van der Waals surface area contributed by atoms with E-state index in [2.05, 4.69) is 25.9 Å². The van der Waals surface area contributed by atoms with E-state index in [-0.39, 0.29) is 5.95 Å². The van der Waals surface area contributed by atoms with Crippen LogP contribution in [0.4, 0.5) is 19.1 Å². The number of nitrogen functional groups attached to an aromatic ring is 1. The number of hydrogen-bond donors (Lipinski definition) is 1. The van der Waals surface area contributed by atoms with Crippen LogP contribution in [0.1, 0.15) is 5.56 Å². The van der Waals surface area contributed by atoms with Crippen LogP contribution in [0.2, 0.25) is 0 Å². The molecule has 0 spiro atoms. The number of aromatic nitrogens is 2. The lowest BCUT2D eigenvalue weighted by molar-refractivity contribution is -0.137. The minimum Gasteiger partial charge on any atom is -0.368 e. The average molecular weight is 318 g/mol. The maximum Gasteiger partial charge on any atom is 0.416 e. The molecule has 94 valence electrons. The Hall–Kier alpha value is -1.63. The van der Waals surface area contributed by atoms with Crippen LogP contribution in [0, 0.1) is 0 Å². The largest absolute Gasteiger partial charge is 0.416 e. The van der Waals surface area contributed by atoms with Gasteiger partial charge in [-0.15, -0.1) is 0 Å². The van der Waals surface area contributed by atoms with Gasteiger partial charge in [-0.2, -0.15) is 13.2 Å². The molecule has 0 aliphatic rings. The maximum absolute atomic E-state index is 12.6. The van der Waals surface area contributed by atoms with E-state index in [1.807, 2.05) is 0 Å². The number of benzene rings is 1. The Kier molecular flexibility index (Phi) is 3.25. The summed E-state index contributed by atoms with van der Waals surface area (Å²) in [6, 6.07) is 4.87. The van der Waals surface area contributed by atoms with Crippen molar-refractivity contribution < 1.29 is 13.2 Å². The molecule has 0 aliphatic carbocycles. The van der Waals surface area contributed by atoms with Crippen molar-refractivity contribution in [3.8, 4) is 11.3 Å². The Balaban J connectivity index is 2.55. The summed E-state index contributed by atoms with van der Waals surface area (Å²) < 4.78 is 38.3. The normalized spacial score (nSPS) is 11.6. The van der Waals surface area contributed by atoms with Crippen LogP contribution in [0.25, 0.3) is 11.3 Å². The van der Waals surface area contributed by atoms with Gasteiger partial charge in [-0.25, -0.2) is 9.97 Å². The van der Waals surface area contributed by atoms with Crippen LogP contribution in [0.5, 0.6) is 0 Å². The topological polar surface area (TPSA) is 51.8 Å². The van der Waals surface area contributed by atoms with Crippen LogP contribution >= 0.6 is 15.9 Å². The molecule has 0 unspecified atom stereocenters. The smallest absolute Gasteiger partial charge is 0.368 e. The molecule has 0 saturated carbocycles. The Morgan fingerprint density at radius 2 is 1.94 bits per heavy atom. The highest BCUT2D eigenvalue weighted by Crippen LogP contribution is 2.33. The molecule has 1 aromatic carbocycles. The summed E-state index contributed by atoms with van der Waals surface area (Å²) >= 11 is 3.18. The number of alkyl halides is 3. The predicted octanol–water partition coefficient (Wildman–Crippen LogP) is 3.51. The zero-order valence-electron chi connectivity index (χ0n) is 8.87. The monoisotopic (exact) mass is 317 g/mol. The van der Waals surface area contributed by atoms with Crippen molar-refractivity contribution in [2.45, 2.75) is 6.18 Å². The van der Waals surface area contributed by atoms with Crippen molar-refractivity contribution in [2.75, 3.05) is 5.73 Å². The highest BCUT2D eigenvalue weighted by molar-refractivity contribution is 9.10. The van der Waals surface area contributed by atoms with E-state index >= 15 is 0 Å². The molecule has 0 fully saturated rings. The molecule has 1 aromatic heterocycles. The lowest BCUT2D eigenvalue weighted by Gasteiger charge is -2.09. The quantitative estimate of drug-likeness (QED) is 0.875. The van der Waals surface area contributed by atoms with E-state index in [1.165, 1.54) is 18.3 Å². The van der Waals surface area contributed by atoms with Crippen LogP contribution in [-0.2, 0) is 6.18 Å². The number of nitrogens with zero attached hydrogens (tertiary/aromatic N) is 2. The summed E-state index contributed by atoms with van der Waals surface area (Å²) in [6.45, 7) is 0. The molecule has 0 atom stereocenters. The minimum atomic E-state index is -4.39. The van der Waals surface area contributed by atoms with Gasteiger partial charge in [0.25, 0.3) is 0 Å². The highest BCUT2D eigenvalue weighted by atomic mass is 79.9. The molecule has 7 heteroatoms. The van der Waals surface area contributed by atoms with Gasteiger partial charge in [0, 0.05) is 11.8 Å². The zero-order valence-corrected chi connectivity index (χ0v) is 10.5. The lowest BCUT2D eigenvalue weighted by atomic mass is 10.1. The second-order valence-electron chi connectivity index (χ2n) is 3.50. The van der Waals surface area contributed by atoms with E-state index in [0.717, 1.165) is 12.1 Å². The van der Waals surface area contributed by atoms with Crippen molar-refractivity contribution in [1.82, 2.24) is 9.97 Å². The fourth-order valence-corrected chi connectivity index (χ4v) is 1.85. The molecule has 0 bridgehead atoms. The summed E-state index contributed by atoms with van der Waals surface area (Å²) in [5.41, 5.74) is 5.34. The summed E-state index contributed by atoms with van der Waals surface area (Å²) in [6.07, 6.45) is -2.99. The van der Waals surface area contributed by atoms with Crippen LogP contribution < -0.4 is 5.73 Å². The summed E-state index contributed by atoms with van der Waals surface area (Å²) in [5.74, 6) is 0.00520. The number of anilines is 1. The standard InChI is InChI=1S/C11H7BrF3N3/c12-8-5-17-10(16)18-9(8)6-2-1-3-7(4-6)11(13,14)15/h1-5H,(H2,16,17,18). The van der Waals surface area contributed by atoms with Gasteiger partial charge in [0.1, 0.15) is 0 Å². The lowest BCUT2D eigenvalue weighted by Crippen LogP contribution is -2.05. The first-order valence-electron chi connectivity index (χ1n) is 4.83. The molecular formula is C11H7BrF3N3. The third-order valence-electron chi connectivity index (χ3n) is 2.23. The summed E-state index contributed by atoms with van der Waals surface area (Å²) in [5, 5.41) is 0. The molecule has 0 amide bonds. The second kappa shape index (κ2) is 4.56. The van der Waals surface area contributed by atoms with E-state index < -0.39 is 11.7 Å². The molecule has 1 heterocycles. The van der Waals surface area contributed by atoms with Gasteiger partial charge in [0.05, 0.1) is 15.7 Å². The van der Waals surface area contributed by atoms with Gasteiger partial charge in [-0.05, 0) is 28.1 Å². The van der Waals surface area contributed by atoms with Crippen molar-refractivity contribution in [3.63, 3.8) is 0 Å². The fraction of sp³-hybridized carbons (Fsp3) is 0.0909. The SMILES string of the molecule is Nc1ncc(Br)c(-c2cccc(C(F)(F)F)c2)n1. The third kappa shape index (κ3) is 2.61. The van der Waals surface area contributed by atoms with Crippen molar-refractivity contribution in [2.24, 2.45) is 0 Å². The van der Waals surface area contributed by atoms with Crippen LogP contribution in [0.3, 0.4) is 0 Å². The maximum atomic E-state index is 12.6. The second-order valence-corrected chi connectivity index (χ2v) is 4.36. The number of halogens is 4. The molecular weight excluding hydrogens is 311 g/mol. The number of nitrogens with two attached hydrogens (primary N) is 1. The Labute approximate surface area is 109 Å².